The molecule has 1 heterocycles. The maximum atomic E-state index is 5.41. The first-order valence-corrected chi connectivity index (χ1v) is 7.01. The van der Waals surface area contributed by atoms with Gasteiger partial charge in [0.2, 0.25) is 0 Å². The molecule has 1 saturated carbocycles. The molecule has 1 aromatic carbocycles. The molecule has 1 aliphatic rings. The van der Waals surface area contributed by atoms with Crippen LogP contribution in [0.5, 0.6) is 0 Å². The summed E-state index contributed by atoms with van der Waals surface area (Å²) in [4.78, 5) is 0. The van der Waals surface area contributed by atoms with Crippen molar-refractivity contribution < 1.29 is 4.52 Å². The highest BCUT2D eigenvalue weighted by Crippen LogP contribution is 2.24. The van der Waals surface area contributed by atoms with E-state index < -0.39 is 0 Å². The summed E-state index contributed by atoms with van der Waals surface area (Å²) in [6.45, 7) is 5.20. The molecule has 0 amide bonds. The molecular weight excluding hydrogens is 236 g/mol. The van der Waals surface area contributed by atoms with Crippen LogP contribution in [0.2, 0.25) is 0 Å². The summed E-state index contributed by atoms with van der Waals surface area (Å²) in [5.41, 5.74) is 3.42. The maximum Gasteiger partial charge on any atom is 0.167 e. The number of nitrogens with one attached hydrogen (secondary N) is 1. The lowest BCUT2D eigenvalue weighted by molar-refractivity contribution is 0.420. The minimum Gasteiger partial charge on any atom is -0.356 e. The molecule has 1 fully saturated rings. The monoisotopic (exact) mass is 256 g/mol. The lowest BCUT2D eigenvalue weighted by Crippen LogP contribution is -2.15. The van der Waals surface area contributed by atoms with Crippen molar-refractivity contribution >= 4 is 0 Å². The van der Waals surface area contributed by atoms with E-state index in [-0.39, 0.29) is 0 Å². The second-order valence-corrected chi connectivity index (χ2v) is 5.61. The number of benzene rings is 1. The van der Waals surface area contributed by atoms with Gasteiger partial charge < -0.3 is 9.84 Å². The highest BCUT2D eigenvalue weighted by atomic mass is 16.5. The fourth-order valence-electron chi connectivity index (χ4n) is 2.10. The summed E-state index contributed by atoms with van der Waals surface area (Å²) in [7, 11) is 0. The first-order chi connectivity index (χ1) is 9.22. The Kier molecular flexibility index (Phi) is 3.38. The third kappa shape index (κ3) is 3.04. The zero-order valence-electron chi connectivity index (χ0n) is 11.5. The molecule has 1 N–H and O–H groups in total. The van der Waals surface area contributed by atoms with Crippen LogP contribution in [0, 0.1) is 0 Å². The van der Waals surface area contributed by atoms with Gasteiger partial charge >= 0.3 is 0 Å². The predicted molar refractivity (Wildman–Crippen MR) is 75.9 cm³/mol. The Hall–Kier alpha value is -1.61. The molecule has 0 aliphatic heterocycles. The lowest BCUT2D eigenvalue weighted by Gasteiger charge is -2.04. The van der Waals surface area contributed by atoms with E-state index >= 15 is 0 Å². The van der Waals surface area contributed by atoms with Crippen LogP contribution in [0.3, 0.4) is 0 Å². The smallest absolute Gasteiger partial charge is 0.167 e. The average molecular weight is 256 g/mol. The molecule has 1 aliphatic carbocycles. The highest BCUT2D eigenvalue weighted by Gasteiger charge is 2.20. The Labute approximate surface area is 114 Å². The normalized spacial score (nSPS) is 15.1. The molecule has 0 radical (unpaired) electrons. The largest absolute Gasteiger partial charge is 0.356 e. The van der Waals surface area contributed by atoms with Crippen LogP contribution in [0.15, 0.2) is 34.9 Å². The quantitative estimate of drug-likeness (QED) is 0.886. The molecule has 19 heavy (non-hydrogen) atoms. The van der Waals surface area contributed by atoms with Gasteiger partial charge in [-0.2, -0.15) is 0 Å². The first-order valence-electron chi connectivity index (χ1n) is 7.01. The van der Waals surface area contributed by atoms with Crippen molar-refractivity contribution in [1.29, 1.82) is 0 Å². The molecule has 2 aromatic rings. The van der Waals surface area contributed by atoms with E-state index in [9.17, 15) is 0 Å². The Bertz CT molecular complexity index is 538. The van der Waals surface area contributed by atoms with Gasteiger partial charge in [0.1, 0.15) is 0 Å². The van der Waals surface area contributed by atoms with Crippen molar-refractivity contribution in [3.63, 3.8) is 0 Å². The van der Waals surface area contributed by atoms with Gasteiger partial charge in [0.15, 0.2) is 5.76 Å². The first kappa shape index (κ1) is 12.4. The highest BCUT2D eigenvalue weighted by molar-refractivity contribution is 5.57. The van der Waals surface area contributed by atoms with E-state index in [2.05, 4.69) is 48.6 Å². The van der Waals surface area contributed by atoms with Gasteiger partial charge in [0.05, 0.1) is 5.69 Å². The fraction of sp³-hybridized carbons (Fsp3) is 0.438. The van der Waals surface area contributed by atoms with Crippen molar-refractivity contribution in [3.05, 3.63) is 41.6 Å². The van der Waals surface area contributed by atoms with Gasteiger partial charge in [0.25, 0.3) is 0 Å². The molecule has 0 spiro atoms. The topological polar surface area (TPSA) is 38.1 Å². The van der Waals surface area contributed by atoms with E-state index in [1.807, 2.05) is 6.07 Å². The van der Waals surface area contributed by atoms with Gasteiger partial charge in [-0.3, -0.25) is 0 Å². The van der Waals surface area contributed by atoms with Crippen LogP contribution in [0.1, 0.15) is 43.9 Å². The molecule has 1 aromatic heterocycles. The standard InChI is InChI=1S/C16H20N2O/c1-11(2)12-3-5-13(6-4-12)16-9-15(18-19-16)10-17-14-7-8-14/h3-6,9,11,14,17H,7-8,10H2,1-2H3. The van der Waals surface area contributed by atoms with Crippen molar-refractivity contribution in [2.45, 2.75) is 45.2 Å². The van der Waals surface area contributed by atoms with Gasteiger partial charge in [-0.25, -0.2) is 0 Å². The summed E-state index contributed by atoms with van der Waals surface area (Å²) in [6.07, 6.45) is 2.59. The van der Waals surface area contributed by atoms with Crippen LogP contribution in [0.25, 0.3) is 11.3 Å². The summed E-state index contributed by atoms with van der Waals surface area (Å²) in [6, 6.07) is 11.3. The summed E-state index contributed by atoms with van der Waals surface area (Å²) < 4.78 is 5.41. The zero-order valence-corrected chi connectivity index (χ0v) is 11.5. The fourth-order valence-corrected chi connectivity index (χ4v) is 2.10. The lowest BCUT2D eigenvalue weighted by atomic mass is 10.0. The zero-order chi connectivity index (χ0) is 13.2. The molecule has 0 atom stereocenters. The Morgan fingerprint density at radius 2 is 2.00 bits per heavy atom. The van der Waals surface area contributed by atoms with Gasteiger partial charge in [-0.05, 0) is 24.3 Å². The predicted octanol–water partition coefficient (Wildman–Crippen LogP) is 3.72. The van der Waals surface area contributed by atoms with E-state index in [1.54, 1.807) is 0 Å². The van der Waals surface area contributed by atoms with Crippen LogP contribution in [-0.4, -0.2) is 11.2 Å². The third-order valence-electron chi connectivity index (χ3n) is 3.57. The Morgan fingerprint density at radius 3 is 2.63 bits per heavy atom. The van der Waals surface area contributed by atoms with Crippen molar-refractivity contribution in [1.82, 2.24) is 10.5 Å². The number of hydrogen-bond donors (Lipinski definition) is 1. The van der Waals surface area contributed by atoms with Crippen LogP contribution < -0.4 is 5.32 Å². The second-order valence-electron chi connectivity index (χ2n) is 5.61. The molecule has 0 saturated heterocycles. The third-order valence-corrected chi connectivity index (χ3v) is 3.57. The van der Waals surface area contributed by atoms with Crippen LogP contribution in [-0.2, 0) is 6.54 Å². The van der Waals surface area contributed by atoms with Crippen LogP contribution in [0.4, 0.5) is 0 Å². The molecule has 0 bridgehead atoms. The Balaban J connectivity index is 1.70. The van der Waals surface area contributed by atoms with E-state index in [4.69, 9.17) is 4.52 Å². The molecule has 0 unspecified atom stereocenters. The summed E-state index contributed by atoms with van der Waals surface area (Å²) in [5, 5.41) is 7.55. The van der Waals surface area contributed by atoms with Crippen molar-refractivity contribution in [2.24, 2.45) is 0 Å². The van der Waals surface area contributed by atoms with Crippen LogP contribution >= 0.6 is 0 Å². The maximum absolute atomic E-state index is 5.41. The number of aromatic nitrogens is 1. The SMILES string of the molecule is CC(C)c1ccc(-c2cc(CNC3CC3)no2)cc1. The van der Waals surface area contributed by atoms with Gasteiger partial charge in [0, 0.05) is 24.2 Å². The summed E-state index contributed by atoms with van der Waals surface area (Å²) in [5.74, 6) is 1.41. The molecule has 3 nitrogen and oxygen atoms in total. The van der Waals surface area contributed by atoms with E-state index in [0.29, 0.717) is 12.0 Å². The summed E-state index contributed by atoms with van der Waals surface area (Å²) >= 11 is 0. The van der Waals surface area contributed by atoms with Crippen molar-refractivity contribution in [2.75, 3.05) is 0 Å². The molecule has 3 rings (SSSR count). The molecular formula is C16H20N2O. The van der Waals surface area contributed by atoms with Crippen molar-refractivity contribution in [3.8, 4) is 11.3 Å². The number of rotatable bonds is 5. The number of nitrogens with zero attached hydrogens (tertiary/aromatic N) is 1. The van der Waals surface area contributed by atoms with Gasteiger partial charge in [-0.1, -0.05) is 43.3 Å². The van der Waals surface area contributed by atoms with Gasteiger partial charge in [-0.15, -0.1) is 0 Å². The Morgan fingerprint density at radius 1 is 1.26 bits per heavy atom. The van der Waals surface area contributed by atoms with E-state index in [0.717, 1.165) is 23.6 Å². The minimum absolute atomic E-state index is 0.557. The van der Waals surface area contributed by atoms with E-state index in [1.165, 1.54) is 18.4 Å². The second kappa shape index (κ2) is 5.17. The average Bonchev–Trinajstić information content (AvgIpc) is 3.13. The molecule has 100 valence electrons. The minimum atomic E-state index is 0.557. The molecule has 3 heteroatoms. The number of hydrogen-bond acceptors (Lipinski definition) is 3.